The average Bonchev–Trinajstić information content (AvgIpc) is 3.30. The standard InChI is InChI=1S/C30H26N8O2/c1-19(35-29(39)26-27(32)36-37-17-7-15-34-28(26)37)24-18-21-9-6-8-20(12-13-22(31)14-16-33-2)25(21)30(40)38(24)23-10-4-3-5-11-23/h3-11,14-19H,31H2,1-2H3,(H2,32,36)(H,35,39)/t19-/m1/s1. The molecule has 5 N–H and O–H groups in total. The zero-order chi connectivity index (χ0) is 28.2. The van der Waals surface area contributed by atoms with Gasteiger partial charge in [0, 0.05) is 42.6 Å². The van der Waals surface area contributed by atoms with E-state index in [2.05, 4.69) is 32.2 Å². The molecule has 0 unspecified atom stereocenters. The molecular formula is C30H26N8O2. The zero-order valence-electron chi connectivity index (χ0n) is 21.9. The first-order chi connectivity index (χ1) is 19.4. The van der Waals surface area contributed by atoms with Crippen LogP contribution in [0.15, 0.2) is 94.6 Å². The van der Waals surface area contributed by atoms with Gasteiger partial charge in [0.05, 0.1) is 17.1 Å². The van der Waals surface area contributed by atoms with Crippen LogP contribution in [0.25, 0.3) is 22.1 Å². The van der Waals surface area contributed by atoms with E-state index in [9.17, 15) is 9.59 Å². The van der Waals surface area contributed by atoms with Crippen molar-refractivity contribution in [3.63, 3.8) is 0 Å². The van der Waals surface area contributed by atoms with Gasteiger partial charge in [0.2, 0.25) is 0 Å². The monoisotopic (exact) mass is 530 g/mol. The summed E-state index contributed by atoms with van der Waals surface area (Å²) in [5.41, 5.74) is 14.3. The van der Waals surface area contributed by atoms with Crippen LogP contribution >= 0.6 is 0 Å². The molecule has 0 aliphatic heterocycles. The van der Waals surface area contributed by atoms with Crippen molar-refractivity contribution >= 4 is 34.4 Å². The molecule has 198 valence electrons. The lowest BCUT2D eigenvalue weighted by Crippen LogP contribution is -2.32. The molecule has 0 radical (unpaired) electrons. The van der Waals surface area contributed by atoms with Crippen molar-refractivity contribution in [2.45, 2.75) is 13.0 Å². The first-order valence-corrected chi connectivity index (χ1v) is 12.4. The Morgan fingerprint density at radius 3 is 2.73 bits per heavy atom. The zero-order valence-corrected chi connectivity index (χ0v) is 21.9. The van der Waals surface area contributed by atoms with Crippen molar-refractivity contribution in [1.29, 1.82) is 0 Å². The Bertz CT molecular complexity index is 1920. The number of nitrogens with zero attached hydrogens (tertiary/aromatic N) is 5. The summed E-state index contributed by atoms with van der Waals surface area (Å²) >= 11 is 0. The van der Waals surface area contributed by atoms with Gasteiger partial charge in [-0.1, -0.05) is 36.3 Å². The van der Waals surface area contributed by atoms with Crippen LogP contribution in [0.1, 0.15) is 34.6 Å². The number of hydrogen-bond donors (Lipinski definition) is 3. The topological polar surface area (TPSA) is 146 Å². The second-order valence-corrected chi connectivity index (χ2v) is 8.94. The fourth-order valence-electron chi connectivity index (χ4n) is 4.45. The smallest absolute Gasteiger partial charge is 0.264 e. The van der Waals surface area contributed by atoms with Gasteiger partial charge in [0.25, 0.3) is 11.5 Å². The quantitative estimate of drug-likeness (QED) is 0.235. The van der Waals surface area contributed by atoms with Crippen molar-refractivity contribution in [2.75, 3.05) is 12.8 Å². The number of anilines is 1. The second-order valence-electron chi connectivity index (χ2n) is 8.94. The Morgan fingerprint density at radius 1 is 1.15 bits per heavy atom. The third-order valence-corrected chi connectivity index (χ3v) is 6.27. The number of nitrogen functional groups attached to an aromatic ring is 1. The SMILES string of the molecule is CN=CC=C(N)C#Cc1cccc2cc([C@@H](C)NC(=O)c3c(N)nn4cccnc34)n(-c3ccccc3)c(=O)c12. The molecule has 5 rings (SSSR count). The maximum absolute atomic E-state index is 14.1. The molecule has 3 aromatic heterocycles. The number of para-hydroxylation sites is 1. The lowest BCUT2D eigenvalue weighted by atomic mass is 10.0. The van der Waals surface area contributed by atoms with Crippen molar-refractivity contribution < 1.29 is 4.79 Å². The Hall–Kier alpha value is -5.69. The molecule has 0 fully saturated rings. The number of aromatic nitrogens is 4. The van der Waals surface area contributed by atoms with E-state index in [0.29, 0.717) is 39.1 Å². The van der Waals surface area contributed by atoms with E-state index >= 15 is 0 Å². The van der Waals surface area contributed by atoms with Gasteiger partial charge in [-0.15, -0.1) is 5.10 Å². The highest BCUT2D eigenvalue weighted by Crippen LogP contribution is 2.24. The normalized spacial score (nSPS) is 12.4. The van der Waals surface area contributed by atoms with Crippen LogP contribution in [-0.4, -0.2) is 38.3 Å². The van der Waals surface area contributed by atoms with E-state index in [4.69, 9.17) is 11.5 Å². The summed E-state index contributed by atoms with van der Waals surface area (Å²) < 4.78 is 3.03. The van der Waals surface area contributed by atoms with Gasteiger partial charge in [0.1, 0.15) is 5.56 Å². The van der Waals surface area contributed by atoms with E-state index < -0.39 is 11.9 Å². The maximum atomic E-state index is 14.1. The molecule has 0 aliphatic carbocycles. The van der Waals surface area contributed by atoms with E-state index in [1.807, 2.05) is 48.5 Å². The molecule has 10 nitrogen and oxygen atoms in total. The molecule has 1 amide bonds. The number of hydrogen-bond acceptors (Lipinski definition) is 7. The summed E-state index contributed by atoms with van der Waals surface area (Å²) in [6, 6.07) is 17.6. The van der Waals surface area contributed by atoms with Crippen LogP contribution < -0.4 is 22.3 Å². The van der Waals surface area contributed by atoms with Crippen LogP contribution in [-0.2, 0) is 0 Å². The van der Waals surface area contributed by atoms with Gasteiger partial charge in [-0.05, 0) is 54.6 Å². The fourth-order valence-corrected chi connectivity index (χ4v) is 4.45. The molecule has 0 aliphatic rings. The Labute approximate surface area is 229 Å². The van der Waals surface area contributed by atoms with Gasteiger partial charge in [-0.2, -0.15) is 0 Å². The van der Waals surface area contributed by atoms with E-state index in [-0.39, 0.29) is 16.9 Å². The van der Waals surface area contributed by atoms with E-state index in [1.165, 1.54) is 4.52 Å². The summed E-state index contributed by atoms with van der Waals surface area (Å²) in [6.07, 6.45) is 6.37. The van der Waals surface area contributed by atoms with Gasteiger partial charge >= 0.3 is 0 Å². The number of nitrogens with one attached hydrogen (secondary N) is 1. The molecule has 10 heteroatoms. The van der Waals surface area contributed by atoms with Gasteiger partial charge in [-0.3, -0.25) is 19.1 Å². The predicted octanol–water partition coefficient (Wildman–Crippen LogP) is 3.00. The van der Waals surface area contributed by atoms with Gasteiger partial charge < -0.3 is 16.8 Å². The molecule has 40 heavy (non-hydrogen) atoms. The molecule has 0 bridgehead atoms. The molecule has 0 saturated carbocycles. The van der Waals surface area contributed by atoms with Crippen LogP contribution in [0.4, 0.5) is 5.82 Å². The third-order valence-electron chi connectivity index (χ3n) is 6.27. The highest BCUT2D eigenvalue weighted by Gasteiger charge is 2.23. The van der Waals surface area contributed by atoms with Crippen molar-refractivity contribution in [3.05, 3.63) is 112 Å². The number of pyridine rings is 1. The predicted molar refractivity (Wildman–Crippen MR) is 156 cm³/mol. The Balaban J connectivity index is 1.64. The molecule has 5 aromatic rings. The first-order valence-electron chi connectivity index (χ1n) is 12.4. The Kier molecular flexibility index (Phi) is 7.11. The molecular weight excluding hydrogens is 504 g/mol. The summed E-state index contributed by atoms with van der Waals surface area (Å²) in [7, 11) is 1.64. The molecule has 2 aromatic carbocycles. The number of fused-ring (bicyclic) bond motifs is 2. The second kappa shape index (κ2) is 11.0. The third kappa shape index (κ3) is 4.91. The molecule has 3 heterocycles. The lowest BCUT2D eigenvalue weighted by Gasteiger charge is -2.21. The summed E-state index contributed by atoms with van der Waals surface area (Å²) in [4.78, 5) is 35.6. The summed E-state index contributed by atoms with van der Waals surface area (Å²) in [6.45, 7) is 1.80. The fraction of sp³-hybridized carbons (Fsp3) is 0.100. The van der Waals surface area contributed by atoms with E-state index in [1.54, 1.807) is 55.4 Å². The van der Waals surface area contributed by atoms with Crippen LogP contribution in [0, 0.1) is 11.8 Å². The van der Waals surface area contributed by atoms with Gasteiger partial charge in [-0.25, -0.2) is 9.50 Å². The average molecular weight is 531 g/mol. The first kappa shape index (κ1) is 25.9. The van der Waals surface area contributed by atoms with Crippen molar-refractivity contribution in [2.24, 2.45) is 10.7 Å². The number of benzene rings is 2. The lowest BCUT2D eigenvalue weighted by molar-refractivity contribution is 0.0941. The number of carbonyl (C=O) groups is 1. The molecule has 0 saturated heterocycles. The van der Waals surface area contributed by atoms with Gasteiger partial charge in [0.15, 0.2) is 11.5 Å². The van der Waals surface area contributed by atoms with Crippen LogP contribution in [0.5, 0.6) is 0 Å². The number of rotatable bonds is 5. The molecule has 0 spiro atoms. The van der Waals surface area contributed by atoms with E-state index in [0.717, 1.165) is 0 Å². The minimum absolute atomic E-state index is 0.0594. The van der Waals surface area contributed by atoms with Crippen LogP contribution in [0.2, 0.25) is 0 Å². The maximum Gasteiger partial charge on any atom is 0.264 e. The number of aliphatic imine (C=N–C) groups is 1. The summed E-state index contributed by atoms with van der Waals surface area (Å²) in [5.74, 6) is 5.50. The molecule has 1 atom stereocenters. The number of amides is 1. The number of nitrogens with two attached hydrogens (primary N) is 2. The van der Waals surface area contributed by atoms with Crippen molar-refractivity contribution in [1.82, 2.24) is 24.5 Å². The number of allylic oxidation sites excluding steroid dienone is 2. The minimum atomic E-state index is -0.593. The van der Waals surface area contributed by atoms with Crippen LogP contribution in [0.3, 0.4) is 0 Å². The highest BCUT2D eigenvalue weighted by atomic mass is 16.2. The summed E-state index contributed by atoms with van der Waals surface area (Å²) in [5, 5.41) is 8.26. The number of carbonyl (C=O) groups excluding carboxylic acids is 1. The van der Waals surface area contributed by atoms with Crippen molar-refractivity contribution in [3.8, 4) is 17.5 Å². The minimum Gasteiger partial charge on any atom is -0.392 e. The Morgan fingerprint density at radius 2 is 1.95 bits per heavy atom. The highest BCUT2D eigenvalue weighted by molar-refractivity contribution is 6.04. The largest absolute Gasteiger partial charge is 0.392 e.